The lowest BCUT2D eigenvalue weighted by Crippen LogP contribution is -2.41. The smallest absolute Gasteiger partial charge is 0.398 e. The highest BCUT2D eigenvalue weighted by Gasteiger charge is 2.53. The van der Waals surface area contributed by atoms with Gasteiger partial charge in [0.1, 0.15) is 0 Å². The second kappa shape index (κ2) is 3.81. The first-order valence-electron chi connectivity index (χ1n) is 6.71. The molecule has 2 heterocycles. The minimum Gasteiger partial charge on any atom is -0.398 e. The summed E-state index contributed by atoms with van der Waals surface area (Å²) in [6.07, 6.45) is 4.35. The van der Waals surface area contributed by atoms with E-state index in [4.69, 9.17) is 9.31 Å². The zero-order chi connectivity index (χ0) is 13.0. The lowest BCUT2D eigenvalue weighted by atomic mass is 9.79. The van der Waals surface area contributed by atoms with E-state index in [0.29, 0.717) is 5.92 Å². The normalized spacial score (nSPS) is 25.4. The second-order valence-corrected chi connectivity index (χ2v) is 6.34. The van der Waals surface area contributed by atoms with E-state index in [2.05, 4.69) is 38.7 Å². The number of hydrogen-bond acceptors (Lipinski definition) is 3. The molecule has 1 aromatic rings. The van der Waals surface area contributed by atoms with Crippen molar-refractivity contribution in [1.29, 1.82) is 0 Å². The third-order valence-electron chi connectivity index (χ3n) is 4.36. The van der Waals surface area contributed by atoms with E-state index in [9.17, 15) is 0 Å². The van der Waals surface area contributed by atoms with Gasteiger partial charge in [-0.15, -0.1) is 0 Å². The van der Waals surface area contributed by atoms with Gasteiger partial charge in [0, 0.05) is 6.20 Å². The zero-order valence-electron chi connectivity index (χ0n) is 11.6. The first-order chi connectivity index (χ1) is 8.41. The molecule has 1 aliphatic heterocycles. The van der Waals surface area contributed by atoms with E-state index >= 15 is 0 Å². The Morgan fingerprint density at radius 2 is 1.78 bits per heavy atom. The van der Waals surface area contributed by atoms with Crippen molar-refractivity contribution < 1.29 is 9.31 Å². The monoisotopic (exact) mass is 245 g/mol. The predicted molar refractivity (Wildman–Crippen MR) is 71.9 cm³/mol. The van der Waals surface area contributed by atoms with Gasteiger partial charge in [-0.2, -0.15) is 0 Å². The summed E-state index contributed by atoms with van der Waals surface area (Å²) in [7, 11) is -0.327. The molecule has 0 unspecified atom stereocenters. The molecule has 0 amide bonds. The highest BCUT2D eigenvalue weighted by Crippen LogP contribution is 2.41. The molecule has 0 aromatic carbocycles. The fourth-order valence-electron chi connectivity index (χ4n) is 2.32. The van der Waals surface area contributed by atoms with Crippen molar-refractivity contribution in [2.75, 3.05) is 0 Å². The second-order valence-electron chi connectivity index (χ2n) is 6.34. The molecule has 0 atom stereocenters. The van der Waals surface area contributed by atoms with E-state index in [0.717, 1.165) is 5.59 Å². The van der Waals surface area contributed by atoms with Crippen molar-refractivity contribution in [1.82, 2.24) is 4.98 Å². The number of hydrogen-bond donors (Lipinski definition) is 0. The summed E-state index contributed by atoms with van der Waals surface area (Å²) in [5.74, 6) is 0.660. The molecule has 2 aliphatic rings. The fraction of sp³-hybridized carbons (Fsp3) is 0.643. The average molecular weight is 245 g/mol. The minimum absolute atomic E-state index is 0.296. The van der Waals surface area contributed by atoms with E-state index in [-0.39, 0.29) is 18.3 Å². The minimum atomic E-state index is -0.327. The summed E-state index contributed by atoms with van der Waals surface area (Å²) >= 11 is 0. The van der Waals surface area contributed by atoms with Crippen LogP contribution >= 0.6 is 0 Å². The van der Waals surface area contributed by atoms with Gasteiger partial charge in [0.05, 0.1) is 16.8 Å². The predicted octanol–water partition coefficient (Wildman–Crippen LogP) is 2.26. The first kappa shape index (κ1) is 12.2. The van der Waals surface area contributed by atoms with Crippen molar-refractivity contribution in [2.24, 2.45) is 0 Å². The topological polar surface area (TPSA) is 31.4 Å². The van der Waals surface area contributed by atoms with Crippen molar-refractivity contribution in [2.45, 2.75) is 57.7 Å². The third-order valence-corrected chi connectivity index (χ3v) is 4.36. The lowest BCUT2D eigenvalue weighted by molar-refractivity contribution is 0.00578. The Morgan fingerprint density at radius 1 is 1.17 bits per heavy atom. The fourth-order valence-corrected chi connectivity index (χ4v) is 2.32. The van der Waals surface area contributed by atoms with Crippen LogP contribution in [0.1, 0.15) is 52.0 Å². The van der Waals surface area contributed by atoms with Crippen LogP contribution in [0.5, 0.6) is 0 Å². The van der Waals surface area contributed by atoms with Gasteiger partial charge in [-0.1, -0.05) is 6.07 Å². The molecule has 2 fully saturated rings. The number of pyridine rings is 1. The van der Waals surface area contributed by atoms with Gasteiger partial charge in [-0.25, -0.2) is 0 Å². The van der Waals surface area contributed by atoms with Gasteiger partial charge < -0.3 is 9.31 Å². The molecule has 18 heavy (non-hydrogen) atoms. The Bertz CT molecular complexity index is 453. The van der Waals surface area contributed by atoms with Gasteiger partial charge in [0.2, 0.25) is 0 Å². The van der Waals surface area contributed by atoms with E-state index in [1.54, 1.807) is 0 Å². The zero-order valence-corrected chi connectivity index (χ0v) is 11.6. The van der Waals surface area contributed by atoms with Crippen molar-refractivity contribution in [3.05, 3.63) is 23.9 Å². The third kappa shape index (κ3) is 1.88. The molecule has 0 radical (unpaired) electrons. The van der Waals surface area contributed by atoms with Gasteiger partial charge >= 0.3 is 7.12 Å². The molecule has 1 saturated carbocycles. The number of aromatic nitrogens is 1. The van der Waals surface area contributed by atoms with Gasteiger partial charge in [-0.3, -0.25) is 4.98 Å². The van der Waals surface area contributed by atoms with Crippen molar-refractivity contribution >= 4 is 12.7 Å². The Balaban J connectivity index is 1.93. The molecule has 1 aliphatic carbocycles. The summed E-state index contributed by atoms with van der Waals surface area (Å²) < 4.78 is 12.2. The number of nitrogens with zero attached hydrogens (tertiary/aromatic N) is 1. The Labute approximate surface area is 109 Å². The van der Waals surface area contributed by atoms with Crippen LogP contribution in [0.25, 0.3) is 0 Å². The van der Waals surface area contributed by atoms with Gasteiger partial charge in [-0.05, 0) is 58.1 Å². The Kier molecular flexibility index (Phi) is 2.58. The van der Waals surface area contributed by atoms with Crippen LogP contribution in [0.15, 0.2) is 18.3 Å². The van der Waals surface area contributed by atoms with Crippen LogP contribution in [-0.4, -0.2) is 23.3 Å². The quantitative estimate of drug-likeness (QED) is 0.749. The molecule has 96 valence electrons. The maximum absolute atomic E-state index is 6.08. The SMILES string of the molecule is CC1(C)OB(c2ncccc2C2CC2)OC1(C)C. The molecular formula is C14H20BNO2. The molecule has 0 N–H and O–H groups in total. The summed E-state index contributed by atoms with van der Waals surface area (Å²) in [5.41, 5.74) is 1.68. The lowest BCUT2D eigenvalue weighted by Gasteiger charge is -2.32. The highest BCUT2D eigenvalue weighted by atomic mass is 16.7. The first-order valence-corrected chi connectivity index (χ1v) is 6.71. The van der Waals surface area contributed by atoms with Crippen molar-refractivity contribution in [3.8, 4) is 0 Å². The van der Waals surface area contributed by atoms with Gasteiger partial charge in [0.25, 0.3) is 0 Å². The molecule has 0 spiro atoms. The molecule has 3 rings (SSSR count). The summed E-state index contributed by atoms with van der Waals surface area (Å²) in [4.78, 5) is 4.50. The van der Waals surface area contributed by atoms with E-state index in [1.165, 1.54) is 18.4 Å². The van der Waals surface area contributed by atoms with Crippen LogP contribution in [0.4, 0.5) is 0 Å². The molecule has 1 saturated heterocycles. The molecule has 4 heteroatoms. The molecular weight excluding hydrogens is 225 g/mol. The van der Waals surface area contributed by atoms with Crippen molar-refractivity contribution in [3.63, 3.8) is 0 Å². The highest BCUT2D eigenvalue weighted by molar-refractivity contribution is 6.61. The summed E-state index contributed by atoms with van der Waals surface area (Å²) in [6.45, 7) is 8.30. The maximum atomic E-state index is 6.08. The number of rotatable bonds is 2. The molecule has 3 nitrogen and oxygen atoms in total. The van der Waals surface area contributed by atoms with E-state index in [1.807, 2.05) is 12.3 Å². The standard InChI is InChI=1S/C14H20BNO2/c1-13(2)14(3,4)18-15(17-13)12-11(10-7-8-10)6-5-9-16-12/h5-6,9-10H,7-8H2,1-4H3. The van der Waals surface area contributed by atoms with Crippen LogP contribution < -0.4 is 5.59 Å². The van der Waals surface area contributed by atoms with Crippen LogP contribution in [0, 0.1) is 0 Å². The average Bonchev–Trinajstić information content (AvgIpc) is 3.08. The van der Waals surface area contributed by atoms with Crippen LogP contribution in [-0.2, 0) is 9.31 Å². The van der Waals surface area contributed by atoms with Crippen LogP contribution in [0.3, 0.4) is 0 Å². The van der Waals surface area contributed by atoms with Crippen LogP contribution in [0.2, 0.25) is 0 Å². The largest absolute Gasteiger partial charge is 0.514 e. The van der Waals surface area contributed by atoms with Gasteiger partial charge in [0.15, 0.2) is 0 Å². The molecule has 1 aromatic heterocycles. The molecule has 0 bridgehead atoms. The summed E-state index contributed by atoms with van der Waals surface area (Å²) in [5, 5.41) is 0. The maximum Gasteiger partial charge on any atom is 0.514 e. The van der Waals surface area contributed by atoms with E-state index < -0.39 is 0 Å². The summed E-state index contributed by atoms with van der Waals surface area (Å²) in [6, 6.07) is 4.16. The Morgan fingerprint density at radius 3 is 2.33 bits per heavy atom. The Hall–Kier alpha value is -0.865.